The van der Waals surface area contributed by atoms with Gasteiger partial charge in [-0.15, -0.1) is 0 Å². The predicted octanol–water partition coefficient (Wildman–Crippen LogP) is 3.06. The highest BCUT2D eigenvalue weighted by atomic mass is 32.2. The maximum Gasteiger partial charge on any atom is 0.268 e. The highest BCUT2D eigenvalue weighted by molar-refractivity contribution is 7.93. The molecule has 20 heavy (non-hydrogen) atoms. The molecule has 101 valence electrons. The summed E-state index contributed by atoms with van der Waals surface area (Å²) in [6.45, 7) is 1.93. The van der Waals surface area contributed by atoms with E-state index in [4.69, 9.17) is 0 Å². The largest absolute Gasteiger partial charge is 0.268 e. The van der Waals surface area contributed by atoms with Crippen molar-refractivity contribution in [3.8, 4) is 0 Å². The lowest BCUT2D eigenvalue weighted by molar-refractivity contribution is 0.595. The molecule has 3 rings (SSSR count). The molecule has 0 atom stereocenters. The number of allylic oxidation sites excluding steroid dienone is 1. The molecule has 0 saturated heterocycles. The van der Waals surface area contributed by atoms with E-state index < -0.39 is 10.0 Å². The third kappa shape index (κ3) is 2.12. The van der Waals surface area contributed by atoms with Gasteiger partial charge in [0.15, 0.2) is 0 Å². The quantitative estimate of drug-likeness (QED) is 0.850. The molecule has 0 bridgehead atoms. The van der Waals surface area contributed by atoms with Crippen LogP contribution in [0.3, 0.4) is 0 Å². The Morgan fingerprint density at radius 3 is 2.50 bits per heavy atom. The van der Waals surface area contributed by atoms with Crippen LogP contribution < -0.4 is 4.31 Å². The fourth-order valence-corrected chi connectivity index (χ4v) is 3.56. The van der Waals surface area contributed by atoms with E-state index in [1.807, 2.05) is 31.2 Å². The smallest absolute Gasteiger partial charge is 0.241 e. The minimum atomic E-state index is -3.58. The maximum atomic E-state index is 12.7. The van der Waals surface area contributed by atoms with E-state index in [0.29, 0.717) is 12.1 Å². The Labute approximate surface area is 119 Å². The number of para-hydroxylation sites is 1. The second-order valence-corrected chi connectivity index (χ2v) is 6.57. The van der Waals surface area contributed by atoms with E-state index in [2.05, 4.69) is 6.08 Å². The van der Waals surface area contributed by atoms with E-state index in [-0.39, 0.29) is 4.90 Å². The molecule has 3 nitrogen and oxygen atoms in total. The van der Waals surface area contributed by atoms with Crippen molar-refractivity contribution in [1.82, 2.24) is 0 Å². The Kier molecular flexibility index (Phi) is 3.10. The van der Waals surface area contributed by atoms with Crippen molar-refractivity contribution >= 4 is 15.7 Å². The Morgan fingerprint density at radius 1 is 1.05 bits per heavy atom. The van der Waals surface area contributed by atoms with Gasteiger partial charge in [0.2, 0.25) is 0 Å². The fourth-order valence-electron chi connectivity index (χ4n) is 2.21. The van der Waals surface area contributed by atoms with E-state index in [0.717, 1.165) is 11.1 Å². The van der Waals surface area contributed by atoms with Crippen molar-refractivity contribution in [1.29, 1.82) is 0 Å². The van der Waals surface area contributed by atoms with Crippen molar-refractivity contribution in [3.63, 3.8) is 0 Å². The lowest BCUT2D eigenvalue weighted by Crippen LogP contribution is -2.28. The summed E-state index contributed by atoms with van der Waals surface area (Å²) in [4.78, 5) is 0.290. The Bertz CT molecular complexity index is 761. The van der Waals surface area contributed by atoms with Crippen LogP contribution in [0.2, 0.25) is 0 Å². The van der Waals surface area contributed by atoms with Crippen molar-refractivity contribution in [2.75, 3.05) is 4.31 Å². The summed E-state index contributed by atoms with van der Waals surface area (Å²) in [7, 11) is -3.58. The Morgan fingerprint density at radius 2 is 1.75 bits per heavy atom. The van der Waals surface area contributed by atoms with Crippen LogP contribution in [0.4, 0.5) is 5.69 Å². The third-order valence-electron chi connectivity index (χ3n) is 3.31. The van der Waals surface area contributed by atoms with Gasteiger partial charge in [-0.05, 0) is 36.8 Å². The number of fused-ring (bicyclic) bond motifs is 1. The molecule has 0 aliphatic carbocycles. The average molecular weight is 284 g/mol. The van der Waals surface area contributed by atoms with Crippen LogP contribution in [0.5, 0.6) is 0 Å². The van der Waals surface area contributed by atoms with Gasteiger partial charge in [-0.3, -0.25) is 0 Å². The van der Waals surface area contributed by atoms with E-state index in [9.17, 15) is 8.42 Å². The molecule has 0 N–H and O–H groups in total. The van der Waals surface area contributed by atoms with Crippen LogP contribution in [0.1, 0.15) is 11.1 Å². The molecule has 1 aliphatic rings. The summed E-state index contributed by atoms with van der Waals surface area (Å²) in [6, 6.07) is 14.4. The molecule has 1 radical (unpaired) electrons. The number of hydrogen-bond acceptors (Lipinski definition) is 2. The van der Waals surface area contributed by atoms with E-state index >= 15 is 0 Å². The van der Waals surface area contributed by atoms with E-state index in [1.54, 1.807) is 24.3 Å². The normalized spacial score (nSPS) is 14.2. The summed E-state index contributed by atoms with van der Waals surface area (Å²) in [6.07, 6.45) is 5.15. The Balaban J connectivity index is 2.10. The number of nitrogens with zero attached hydrogens (tertiary/aromatic N) is 1. The number of anilines is 1. The number of benzene rings is 2. The molecule has 1 heterocycles. The molecule has 1 aliphatic heterocycles. The number of rotatable bonds is 2. The highest BCUT2D eigenvalue weighted by Crippen LogP contribution is 2.30. The second-order valence-electron chi connectivity index (χ2n) is 4.75. The average Bonchev–Trinajstić information content (AvgIpc) is 2.47. The highest BCUT2D eigenvalue weighted by Gasteiger charge is 2.26. The van der Waals surface area contributed by atoms with Gasteiger partial charge >= 0.3 is 0 Å². The monoisotopic (exact) mass is 284 g/mol. The first-order valence-electron chi connectivity index (χ1n) is 6.35. The van der Waals surface area contributed by atoms with Gasteiger partial charge in [-0.25, -0.2) is 12.7 Å². The molecule has 0 amide bonds. The van der Waals surface area contributed by atoms with Gasteiger partial charge in [-0.2, -0.15) is 0 Å². The second kappa shape index (κ2) is 4.80. The first kappa shape index (κ1) is 12.9. The molecular weight excluding hydrogens is 270 g/mol. The van der Waals surface area contributed by atoms with Gasteiger partial charge in [0.1, 0.15) is 0 Å². The van der Waals surface area contributed by atoms with E-state index in [1.165, 1.54) is 10.5 Å². The molecule has 0 spiro atoms. The molecular formula is C16H14NO2S. The van der Waals surface area contributed by atoms with Crippen molar-refractivity contribution in [3.05, 3.63) is 71.9 Å². The molecule has 0 saturated carbocycles. The molecule has 0 fully saturated rings. The zero-order chi connectivity index (χ0) is 14.2. The van der Waals surface area contributed by atoms with Crippen LogP contribution in [-0.4, -0.2) is 8.42 Å². The minimum absolute atomic E-state index is 0.290. The van der Waals surface area contributed by atoms with Crippen molar-refractivity contribution in [2.45, 2.75) is 18.2 Å². The standard InChI is InChI=1S/C16H14NO2S/c1-13-8-10-15(11-9-13)20(18,19)17-12-4-6-14-5-2-3-7-16(14)17/h2-3,5,7-12H,6H2,1H3. The first-order valence-corrected chi connectivity index (χ1v) is 7.79. The summed E-state index contributed by atoms with van der Waals surface area (Å²) in [5, 5.41) is 0. The molecule has 0 aromatic heterocycles. The lowest BCUT2D eigenvalue weighted by Gasteiger charge is -2.25. The van der Waals surface area contributed by atoms with Crippen molar-refractivity contribution in [2.24, 2.45) is 0 Å². The third-order valence-corrected chi connectivity index (χ3v) is 5.00. The zero-order valence-electron chi connectivity index (χ0n) is 11.1. The molecule has 2 aromatic rings. The van der Waals surface area contributed by atoms with Crippen LogP contribution in [0.15, 0.2) is 59.6 Å². The van der Waals surface area contributed by atoms with Crippen LogP contribution in [0, 0.1) is 13.0 Å². The van der Waals surface area contributed by atoms with Gasteiger partial charge in [0.25, 0.3) is 10.0 Å². The lowest BCUT2D eigenvalue weighted by atomic mass is 10.1. The summed E-state index contributed by atoms with van der Waals surface area (Å²) in [5.41, 5.74) is 2.70. The predicted molar refractivity (Wildman–Crippen MR) is 78.8 cm³/mol. The number of aryl methyl sites for hydroxylation is 1. The van der Waals surface area contributed by atoms with Gasteiger partial charge in [-0.1, -0.05) is 35.9 Å². The first-order chi connectivity index (χ1) is 9.59. The van der Waals surface area contributed by atoms with Crippen molar-refractivity contribution < 1.29 is 8.42 Å². The molecule has 0 unspecified atom stereocenters. The number of sulfonamides is 1. The summed E-state index contributed by atoms with van der Waals surface area (Å²) in [5.74, 6) is 0. The minimum Gasteiger partial charge on any atom is -0.241 e. The molecule has 2 aromatic carbocycles. The topological polar surface area (TPSA) is 37.4 Å². The van der Waals surface area contributed by atoms with Crippen LogP contribution >= 0.6 is 0 Å². The van der Waals surface area contributed by atoms with Crippen LogP contribution in [0.25, 0.3) is 0 Å². The summed E-state index contributed by atoms with van der Waals surface area (Å²) < 4.78 is 26.7. The molecule has 4 heteroatoms. The zero-order valence-corrected chi connectivity index (χ0v) is 11.9. The SMILES string of the molecule is Cc1ccc(S(=O)(=O)N2C=[C]Cc3ccccc32)cc1. The van der Waals surface area contributed by atoms with Gasteiger partial charge in [0, 0.05) is 12.6 Å². The maximum absolute atomic E-state index is 12.7. The fraction of sp³-hybridized carbons (Fsp3) is 0.125. The van der Waals surface area contributed by atoms with Crippen LogP contribution in [-0.2, 0) is 16.4 Å². The Hall–Kier alpha value is -2.07. The number of hydrogen-bond donors (Lipinski definition) is 0. The van der Waals surface area contributed by atoms with Gasteiger partial charge in [0.05, 0.1) is 10.6 Å². The van der Waals surface area contributed by atoms with Gasteiger partial charge < -0.3 is 0 Å². The summed E-state index contributed by atoms with van der Waals surface area (Å²) >= 11 is 0.